The highest BCUT2D eigenvalue weighted by Gasteiger charge is 2.18. The normalized spacial score (nSPS) is 25.4. The molecule has 1 fully saturated rings. The van der Waals surface area contributed by atoms with Crippen molar-refractivity contribution in [3.8, 4) is 0 Å². The van der Waals surface area contributed by atoms with E-state index < -0.39 is 0 Å². The fraction of sp³-hybridized carbons (Fsp3) is 0.700. The Hall–Kier alpha value is -0.280. The third kappa shape index (κ3) is 3.53. The van der Waals surface area contributed by atoms with Gasteiger partial charge in [-0.25, -0.2) is 0 Å². The maximum absolute atomic E-state index is 11.1. The summed E-state index contributed by atoms with van der Waals surface area (Å²) in [5.74, 6) is 1.04. The molecule has 1 rings (SSSR count). The van der Waals surface area contributed by atoms with Crippen LogP contribution in [0, 0.1) is 5.92 Å². The lowest BCUT2D eigenvalue weighted by Gasteiger charge is -2.19. The Balaban J connectivity index is 2.52. The zero-order chi connectivity index (χ0) is 9.84. The van der Waals surface area contributed by atoms with Gasteiger partial charge >= 0.3 is 0 Å². The van der Waals surface area contributed by atoms with Crippen molar-refractivity contribution < 1.29 is 9.53 Å². The first kappa shape index (κ1) is 10.8. The number of hydrogen-bond donors (Lipinski definition) is 0. The molecule has 13 heavy (non-hydrogen) atoms. The van der Waals surface area contributed by atoms with Crippen molar-refractivity contribution >= 4 is 16.9 Å². The Morgan fingerprint density at radius 2 is 2.38 bits per heavy atom. The number of rotatable bonds is 2. The van der Waals surface area contributed by atoms with E-state index in [-0.39, 0.29) is 11.2 Å². The molecule has 0 spiro atoms. The van der Waals surface area contributed by atoms with Crippen LogP contribution >= 0.6 is 11.8 Å². The molecule has 1 aliphatic rings. The lowest BCUT2D eigenvalue weighted by molar-refractivity contribution is -0.113. The van der Waals surface area contributed by atoms with E-state index in [1.54, 1.807) is 0 Å². The number of allylic oxidation sites excluding steroid dienone is 1. The zero-order valence-corrected chi connectivity index (χ0v) is 9.19. The maximum atomic E-state index is 11.1. The smallest absolute Gasteiger partial charge is 0.194 e. The Morgan fingerprint density at radius 1 is 1.69 bits per heavy atom. The van der Waals surface area contributed by atoms with Gasteiger partial charge in [-0.1, -0.05) is 37.3 Å². The molecule has 1 saturated heterocycles. The summed E-state index contributed by atoms with van der Waals surface area (Å²) in [6.07, 6.45) is 2.60. The molecule has 3 heteroatoms. The molecule has 0 aromatic rings. The quantitative estimate of drug-likeness (QED) is 0.641. The lowest BCUT2D eigenvalue weighted by atomic mass is 10.0. The molecule has 1 unspecified atom stereocenters. The standard InChI is InChI=1S/C10H16O2S/c1-7(2)8(3)4-9-5-10(11)13-6-12-9/h4,7,9H,5-6H2,1-3H3/b8-4+. The maximum Gasteiger partial charge on any atom is 0.194 e. The van der Waals surface area contributed by atoms with Crippen molar-refractivity contribution in [3.63, 3.8) is 0 Å². The summed E-state index contributed by atoms with van der Waals surface area (Å²) in [6, 6.07) is 0. The predicted octanol–water partition coefficient (Wildman–Crippen LogP) is 2.59. The molecule has 0 aromatic heterocycles. The second-order valence-corrected chi connectivity index (χ2v) is 4.59. The van der Waals surface area contributed by atoms with Gasteiger partial charge in [0.2, 0.25) is 0 Å². The summed E-state index contributed by atoms with van der Waals surface area (Å²) in [4.78, 5) is 11.1. The van der Waals surface area contributed by atoms with Gasteiger partial charge in [0.25, 0.3) is 0 Å². The first-order valence-corrected chi connectivity index (χ1v) is 5.53. The van der Waals surface area contributed by atoms with Gasteiger partial charge in [0, 0.05) is 6.42 Å². The highest BCUT2D eigenvalue weighted by Crippen LogP contribution is 2.21. The van der Waals surface area contributed by atoms with Gasteiger partial charge in [-0.15, -0.1) is 0 Å². The molecule has 0 bridgehead atoms. The molecule has 1 heterocycles. The molecule has 0 saturated carbocycles. The third-order valence-electron chi connectivity index (χ3n) is 2.23. The molecule has 0 N–H and O–H groups in total. The summed E-state index contributed by atoms with van der Waals surface area (Å²) in [5.41, 5.74) is 1.30. The van der Waals surface area contributed by atoms with Crippen LogP contribution in [-0.4, -0.2) is 17.2 Å². The molecule has 74 valence electrons. The monoisotopic (exact) mass is 200 g/mol. The molecule has 0 aromatic carbocycles. The fourth-order valence-corrected chi connectivity index (χ4v) is 1.72. The Kier molecular flexibility index (Phi) is 4.00. The largest absolute Gasteiger partial charge is 0.363 e. The average Bonchev–Trinajstić information content (AvgIpc) is 2.04. The van der Waals surface area contributed by atoms with Crippen LogP contribution in [0.1, 0.15) is 27.2 Å². The Bertz CT molecular complexity index is 221. The number of hydrogen-bond acceptors (Lipinski definition) is 3. The van der Waals surface area contributed by atoms with E-state index in [1.165, 1.54) is 17.3 Å². The van der Waals surface area contributed by atoms with Crippen molar-refractivity contribution in [2.75, 3.05) is 5.94 Å². The highest BCUT2D eigenvalue weighted by atomic mass is 32.2. The van der Waals surface area contributed by atoms with Gasteiger partial charge in [-0.3, -0.25) is 4.79 Å². The first-order valence-electron chi connectivity index (χ1n) is 4.55. The summed E-state index contributed by atoms with van der Waals surface area (Å²) in [6.45, 7) is 6.37. The topological polar surface area (TPSA) is 26.3 Å². The van der Waals surface area contributed by atoms with Crippen LogP contribution in [0.5, 0.6) is 0 Å². The van der Waals surface area contributed by atoms with Gasteiger partial charge in [0.15, 0.2) is 5.12 Å². The van der Waals surface area contributed by atoms with Crippen LogP contribution in [0.2, 0.25) is 0 Å². The van der Waals surface area contributed by atoms with Crippen LogP contribution in [0.4, 0.5) is 0 Å². The summed E-state index contributed by atoms with van der Waals surface area (Å²) in [5, 5.41) is 0.240. The second kappa shape index (κ2) is 4.82. The van der Waals surface area contributed by atoms with Gasteiger partial charge in [-0.05, 0) is 12.8 Å². The van der Waals surface area contributed by atoms with E-state index in [2.05, 4.69) is 26.8 Å². The molecule has 0 radical (unpaired) electrons. The van der Waals surface area contributed by atoms with Gasteiger partial charge in [0.05, 0.1) is 6.10 Å². The van der Waals surface area contributed by atoms with E-state index in [1.807, 2.05) is 0 Å². The predicted molar refractivity (Wildman–Crippen MR) is 55.6 cm³/mol. The molecule has 1 atom stereocenters. The van der Waals surface area contributed by atoms with E-state index >= 15 is 0 Å². The minimum atomic E-state index is 0.0103. The molecule has 0 amide bonds. The zero-order valence-electron chi connectivity index (χ0n) is 8.37. The van der Waals surface area contributed by atoms with E-state index in [0.29, 0.717) is 18.3 Å². The first-order chi connectivity index (χ1) is 6.09. The van der Waals surface area contributed by atoms with Crippen LogP contribution in [0.15, 0.2) is 11.6 Å². The van der Waals surface area contributed by atoms with E-state index in [9.17, 15) is 4.79 Å². The number of carbonyl (C=O) groups excluding carboxylic acids is 1. The molecular weight excluding hydrogens is 184 g/mol. The summed E-state index contributed by atoms with van der Waals surface area (Å²) in [7, 11) is 0. The van der Waals surface area contributed by atoms with Gasteiger partial charge in [0.1, 0.15) is 5.94 Å². The van der Waals surface area contributed by atoms with Crippen molar-refractivity contribution in [3.05, 3.63) is 11.6 Å². The van der Waals surface area contributed by atoms with Crippen molar-refractivity contribution in [2.24, 2.45) is 5.92 Å². The van der Waals surface area contributed by atoms with Gasteiger partial charge < -0.3 is 4.74 Å². The van der Waals surface area contributed by atoms with Crippen molar-refractivity contribution in [2.45, 2.75) is 33.3 Å². The second-order valence-electron chi connectivity index (χ2n) is 3.61. The fourth-order valence-electron chi connectivity index (χ4n) is 1.06. The molecular formula is C10H16O2S. The Labute approximate surface area is 83.7 Å². The van der Waals surface area contributed by atoms with Crippen LogP contribution in [0.25, 0.3) is 0 Å². The van der Waals surface area contributed by atoms with Gasteiger partial charge in [-0.2, -0.15) is 0 Å². The Morgan fingerprint density at radius 3 is 2.92 bits per heavy atom. The SMILES string of the molecule is C/C(=C\C1CC(=O)SCO1)C(C)C. The summed E-state index contributed by atoms with van der Waals surface area (Å²) < 4.78 is 5.43. The van der Waals surface area contributed by atoms with Crippen molar-refractivity contribution in [1.82, 2.24) is 0 Å². The van der Waals surface area contributed by atoms with E-state index in [0.717, 1.165) is 0 Å². The van der Waals surface area contributed by atoms with Crippen LogP contribution in [0.3, 0.4) is 0 Å². The lowest BCUT2D eigenvalue weighted by Crippen LogP contribution is -2.20. The van der Waals surface area contributed by atoms with Crippen LogP contribution < -0.4 is 0 Å². The third-order valence-corrected chi connectivity index (χ3v) is 2.97. The number of ether oxygens (including phenoxy) is 1. The number of carbonyl (C=O) groups is 1. The van der Waals surface area contributed by atoms with E-state index in [4.69, 9.17) is 4.74 Å². The minimum Gasteiger partial charge on any atom is -0.363 e. The minimum absolute atomic E-state index is 0.0103. The van der Waals surface area contributed by atoms with Crippen molar-refractivity contribution in [1.29, 1.82) is 0 Å². The molecule has 2 nitrogen and oxygen atoms in total. The summed E-state index contributed by atoms with van der Waals surface area (Å²) >= 11 is 1.27. The number of thioether (sulfide) groups is 1. The molecule has 0 aliphatic carbocycles. The average molecular weight is 200 g/mol. The van der Waals surface area contributed by atoms with Crippen LogP contribution in [-0.2, 0) is 9.53 Å². The highest BCUT2D eigenvalue weighted by molar-refractivity contribution is 8.13. The molecule has 1 aliphatic heterocycles.